The van der Waals surface area contributed by atoms with E-state index < -0.39 is 5.60 Å². The molecule has 4 nitrogen and oxygen atoms in total. The summed E-state index contributed by atoms with van der Waals surface area (Å²) in [7, 11) is 0. The Morgan fingerprint density at radius 2 is 2.18 bits per heavy atom. The SMILES string of the molecule is CC[C@@H](O)C1CCCN(C(=O)OC(C)(C)C)C1. The lowest BCUT2D eigenvalue weighted by atomic mass is 9.91. The number of nitrogens with zero attached hydrogens (tertiary/aromatic N) is 1. The van der Waals surface area contributed by atoms with E-state index in [1.807, 2.05) is 27.7 Å². The molecule has 1 aliphatic heterocycles. The number of amides is 1. The Kier molecular flexibility index (Phi) is 4.80. The van der Waals surface area contributed by atoms with Gasteiger partial charge in [-0.1, -0.05) is 6.92 Å². The summed E-state index contributed by atoms with van der Waals surface area (Å²) in [6, 6.07) is 0. The number of rotatable bonds is 2. The van der Waals surface area contributed by atoms with Crippen molar-refractivity contribution in [1.29, 1.82) is 0 Å². The summed E-state index contributed by atoms with van der Waals surface area (Å²) in [5.41, 5.74) is -0.451. The second-order valence-corrected chi connectivity index (χ2v) is 5.80. The number of aliphatic hydroxyl groups excluding tert-OH is 1. The lowest BCUT2D eigenvalue weighted by molar-refractivity contribution is 0.00234. The van der Waals surface area contributed by atoms with E-state index in [-0.39, 0.29) is 18.1 Å². The maximum absolute atomic E-state index is 11.9. The van der Waals surface area contributed by atoms with Gasteiger partial charge in [0.1, 0.15) is 5.60 Å². The molecule has 1 unspecified atom stereocenters. The lowest BCUT2D eigenvalue weighted by Gasteiger charge is -2.35. The molecular weight excluding hydrogens is 218 g/mol. The Morgan fingerprint density at radius 3 is 2.71 bits per heavy atom. The van der Waals surface area contributed by atoms with Crippen LogP contribution in [-0.4, -0.2) is 40.9 Å². The molecule has 0 saturated carbocycles. The first kappa shape index (κ1) is 14.3. The highest BCUT2D eigenvalue weighted by molar-refractivity contribution is 5.68. The Balaban J connectivity index is 2.52. The van der Waals surface area contributed by atoms with Gasteiger partial charge in [-0.15, -0.1) is 0 Å². The number of ether oxygens (including phenoxy) is 1. The Hall–Kier alpha value is -0.770. The molecule has 1 fully saturated rings. The smallest absolute Gasteiger partial charge is 0.410 e. The molecule has 0 spiro atoms. The van der Waals surface area contributed by atoms with E-state index in [4.69, 9.17) is 4.74 Å². The van der Waals surface area contributed by atoms with Crippen molar-refractivity contribution < 1.29 is 14.6 Å². The van der Waals surface area contributed by atoms with Crippen LogP contribution in [0.1, 0.15) is 47.0 Å². The number of hydrogen-bond donors (Lipinski definition) is 1. The van der Waals surface area contributed by atoms with Crippen LogP contribution >= 0.6 is 0 Å². The van der Waals surface area contributed by atoms with Crippen molar-refractivity contribution in [1.82, 2.24) is 4.90 Å². The minimum Gasteiger partial charge on any atom is -0.444 e. The van der Waals surface area contributed by atoms with Crippen LogP contribution in [0.25, 0.3) is 0 Å². The van der Waals surface area contributed by atoms with Crippen LogP contribution in [0.2, 0.25) is 0 Å². The molecule has 1 N–H and O–H groups in total. The fourth-order valence-electron chi connectivity index (χ4n) is 2.15. The summed E-state index contributed by atoms with van der Waals surface area (Å²) in [5.74, 6) is 0.196. The summed E-state index contributed by atoms with van der Waals surface area (Å²) in [4.78, 5) is 13.6. The number of aliphatic hydroxyl groups is 1. The van der Waals surface area contributed by atoms with Gasteiger partial charge in [0.2, 0.25) is 0 Å². The fraction of sp³-hybridized carbons (Fsp3) is 0.923. The molecule has 1 heterocycles. The monoisotopic (exact) mass is 243 g/mol. The molecule has 0 aromatic carbocycles. The molecule has 1 saturated heterocycles. The minimum absolute atomic E-state index is 0.196. The van der Waals surface area contributed by atoms with E-state index in [9.17, 15) is 9.90 Å². The van der Waals surface area contributed by atoms with Gasteiger partial charge in [0, 0.05) is 19.0 Å². The summed E-state index contributed by atoms with van der Waals surface area (Å²) >= 11 is 0. The predicted octanol–water partition coefficient (Wildman–Crippen LogP) is 2.40. The molecule has 100 valence electrons. The van der Waals surface area contributed by atoms with E-state index in [1.54, 1.807) is 4.90 Å². The number of carbonyl (C=O) groups is 1. The van der Waals surface area contributed by atoms with Gasteiger partial charge in [0.25, 0.3) is 0 Å². The van der Waals surface area contributed by atoms with Crippen molar-refractivity contribution in [2.45, 2.75) is 58.7 Å². The van der Waals surface area contributed by atoms with Crippen molar-refractivity contribution >= 4 is 6.09 Å². The van der Waals surface area contributed by atoms with Crippen LogP contribution in [0.3, 0.4) is 0 Å². The van der Waals surface area contributed by atoms with Crippen LogP contribution in [0.5, 0.6) is 0 Å². The zero-order valence-electron chi connectivity index (χ0n) is 11.4. The van der Waals surface area contributed by atoms with E-state index in [2.05, 4.69) is 0 Å². The molecule has 4 heteroatoms. The average Bonchev–Trinajstić information content (AvgIpc) is 2.26. The third kappa shape index (κ3) is 4.54. The summed E-state index contributed by atoms with van der Waals surface area (Å²) in [6.07, 6.45) is 2.12. The highest BCUT2D eigenvalue weighted by atomic mass is 16.6. The second-order valence-electron chi connectivity index (χ2n) is 5.80. The molecule has 1 aliphatic rings. The fourth-order valence-corrected chi connectivity index (χ4v) is 2.15. The second kappa shape index (κ2) is 5.71. The van der Waals surface area contributed by atoms with E-state index in [0.717, 1.165) is 25.8 Å². The van der Waals surface area contributed by atoms with Gasteiger partial charge in [0.15, 0.2) is 0 Å². The molecule has 0 aliphatic carbocycles. The molecule has 1 rings (SSSR count). The standard InChI is InChI=1S/C13H25NO3/c1-5-11(15)10-7-6-8-14(9-10)12(16)17-13(2,3)4/h10-11,15H,5-9H2,1-4H3/t10?,11-/m1/s1. The Morgan fingerprint density at radius 1 is 1.53 bits per heavy atom. The molecule has 0 aromatic heterocycles. The molecule has 0 aromatic rings. The molecule has 0 bridgehead atoms. The van der Waals surface area contributed by atoms with Crippen LogP contribution in [-0.2, 0) is 4.74 Å². The van der Waals surface area contributed by atoms with Crippen LogP contribution in [0.15, 0.2) is 0 Å². The highest BCUT2D eigenvalue weighted by Gasteiger charge is 2.30. The van der Waals surface area contributed by atoms with Gasteiger partial charge in [-0.25, -0.2) is 4.79 Å². The van der Waals surface area contributed by atoms with Gasteiger partial charge in [-0.05, 0) is 40.0 Å². The third-order valence-electron chi connectivity index (χ3n) is 3.07. The quantitative estimate of drug-likeness (QED) is 0.810. The topological polar surface area (TPSA) is 49.8 Å². The number of piperidine rings is 1. The van der Waals surface area contributed by atoms with Gasteiger partial charge < -0.3 is 14.7 Å². The zero-order valence-corrected chi connectivity index (χ0v) is 11.4. The van der Waals surface area contributed by atoms with Crippen molar-refractivity contribution in [2.24, 2.45) is 5.92 Å². The maximum atomic E-state index is 11.9. The zero-order chi connectivity index (χ0) is 13.1. The highest BCUT2D eigenvalue weighted by Crippen LogP contribution is 2.23. The van der Waals surface area contributed by atoms with E-state index in [1.165, 1.54) is 0 Å². The van der Waals surface area contributed by atoms with Gasteiger partial charge in [-0.3, -0.25) is 0 Å². The van der Waals surface area contributed by atoms with Gasteiger partial charge >= 0.3 is 6.09 Å². The van der Waals surface area contributed by atoms with Gasteiger partial charge in [-0.2, -0.15) is 0 Å². The number of carbonyl (C=O) groups excluding carboxylic acids is 1. The van der Waals surface area contributed by atoms with Gasteiger partial charge in [0.05, 0.1) is 6.10 Å². The van der Waals surface area contributed by atoms with Crippen LogP contribution in [0.4, 0.5) is 4.79 Å². The molecule has 1 amide bonds. The number of likely N-dealkylation sites (tertiary alicyclic amines) is 1. The molecule has 17 heavy (non-hydrogen) atoms. The molecule has 2 atom stereocenters. The normalized spacial score (nSPS) is 23.4. The molecular formula is C13H25NO3. The predicted molar refractivity (Wildman–Crippen MR) is 66.8 cm³/mol. The first-order valence-electron chi connectivity index (χ1n) is 6.49. The minimum atomic E-state index is -0.451. The van der Waals surface area contributed by atoms with Crippen LogP contribution in [0, 0.1) is 5.92 Å². The lowest BCUT2D eigenvalue weighted by Crippen LogP contribution is -2.45. The maximum Gasteiger partial charge on any atom is 0.410 e. The largest absolute Gasteiger partial charge is 0.444 e. The number of hydrogen-bond acceptors (Lipinski definition) is 3. The first-order valence-corrected chi connectivity index (χ1v) is 6.49. The van der Waals surface area contributed by atoms with Crippen molar-refractivity contribution in [3.05, 3.63) is 0 Å². The molecule has 0 radical (unpaired) electrons. The van der Waals surface area contributed by atoms with E-state index in [0.29, 0.717) is 6.54 Å². The van der Waals surface area contributed by atoms with Crippen LogP contribution < -0.4 is 0 Å². The third-order valence-corrected chi connectivity index (χ3v) is 3.07. The Labute approximate surface area is 104 Å². The van der Waals surface area contributed by atoms with E-state index >= 15 is 0 Å². The Bertz CT molecular complexity index is 260. The average molecular weight is 243 g/mol. The summed E-state index contributed by atoms with van der Waals surface area (Å²) < 4.78 is 5.34. The first-order chi connectivity index (χ1) is 7.83. The summed E-state index contributed by atoms with van der Waals surface area (Å²) in [5, 5.41) is 9.84. The van der Waals surface area contributed by atoms with Crippen molar-refractivity contribution in [3.63, 3.8) is 0 Å². The summed E-state index contributed by atoms with van der Waals surface area (Å²) in [6.45, 7) is 8.93. The van der Waals surface area contributed by atoms with Crippen molar-refractivity contribution in [2.75, 3.05) is 13.1 Å². The van der Waals surface area contributed by atoms with Crippen molar-refractivity contribution in [3.8, 4) is 0 Å².